The van der Waals surface area contributed by atoms with Crippen LogP contribution in [0.1, 0.15) is 44.0 Å². The van der Waals surface area contributed by atoms with E-state index >= 15 is 0 Å². The molecular formula is C13H21N3O. The van der Waals surface area contributed by atoms with Crippen LogP contribution in [0.4, 0.5) is 5.82 Å². The largest absolute Gasteiger partial charge is 0.367 e. The SMILES string of the molecule is CC(C)CCC(C)Nc1ncccc1C(N)=O. The highest BCUT2D eigenvalue weighted by molar-refractivity contribution is 5.97. The van der Waals surface area contributed by atoms with E-state index in [-0.39, 0.29) is 6.04 Å². The van der Waals surface area contributed by atoms with Crippen molar-refractivity contribution >= 4 is 11.7 Å². The zero-order valence-corrected chi connectivity index (χ0v) is 10.7. The summed E-state index contributed by atoms with van der Waals surface area (Å²) in [4.78, 5) is 15.4. The van der Waals surface area contributed by atoms with Gasteiger partial charge in [0.25, 0.3) is 5.91 Å². The molecule has 0 fully saturated rings. The van der Waals surface area contributed by atoms with Gasteiger partial charge in [0, 0.05) is 12.2 Å². The molecule has 3 N–H and O–H groups in total. The van der Waals surface area contributed by atoms with Gasteiger partial charge in [-0.05, 0) is 37.8 Å². The van der Waals surface area contributed by atoms with Gasteiger partial charge in [0.2, 0.25) is 0 Å². The molecule has 1 rings (SSSR count). The van der Waals surface area contributed by atoms with Crippen molar-refractivity contribution in [3.8, 4) is 0 Å². The maximum Gasteiger partial charge on any atom is 0.252 e. The minimum Gasteiger partial charge on any atom is -0.367 e. The molecule has 0 bridgehead atoms. The van der Waals surface area contributed by atoms with E-state index in [0.717, 1.165) is 12.8 Å². The Balaban J connectivity index is 2.64. The number of anilines is 1. The summed E-state index contributed by atoms with van der Waals surface area (Å²) in [5.41, 5.74) is 5.74. The monoisotopic (exact) mass is 235 g/mol. The van der Waals surface area contributed by atoms with Gasteiger partial charge < -0.3 is 11.1 Å². The molecule has 4 nitrogen and oxygen atoms in total. The Bertz CT molecular complexity index is 377. The lowest BCUT2D eigenvalue weighted by molar-refractivity contribution is 0.100. The van der Waals surface area contributed by atoms with E-state index in [0.29, 0.717) is 17.3 Å². The van der Waals surface area contributed by atoms with Crippen molar-refractivity contribution in [2.75, 3.05) is 5.32 Å². The van der Waals surface area contributed by atoms with Crippen molar-refractivity contribution in [2.45, 2.75) is 39.7 Å². The lowest BCUT2D eigenvalue weighted by Gasteiger charge is -2.16. The van der Waals surface area contributed by atoms with Crippen molar-refractivity contribution in [1.29, 1.82) is 0 Å². The molecule has 0 saturated heterocycles. The smallest absolute Gasteiger partial charge is 0.252 e. The highest BCUT2D eigenvalue weighted by Crippen LogP contribution is 2.15. The standard InChI is InChI=1S/C13H21N3O/c1-9(2)6-7-10(3)16-13-11(12(14)17)5-4-8-15-13/h4-5,8-10H,6-7H2,1-3H3,(H2,14,17)(H,15,16). The number of rotatable bonds is 6. The highest BCUT2D eigenvalue weighted by atomic mass is 16.1. The van der Waals surface area contributed by atoms with Gasteiger partial charge in [-0.3, -0.25) is 4.79 Å². The molecule has 17 heavy (non-hydrogen) atoms. The molecule has 0 aliphatic heterocycles. The summed E-state index contributed by atoms with van der Waals surface area (Å²) in [7, 11) is 0. The average Bonchev–Trinajstić information content (AvgIpc) is 2.27. The molecule has 1 amide bonds. The van der Waals surface area contributed by atoms with Gasteiger partial charge in [-0.15, -0.1) is 0 Å². The topological polar surface area (TPSA) is 68.0 Å². The summed E-state index contributed by atoms with van der Waals surface area (Å²) in [5, 5.41) is 3.24. The second-order valence-electron chi connectivity index (χ2n) is 4.78. The van der Waals surface area contributed by atoms with Crippen LogP contribution in [0.2, 0.25) is 0 Å². The Morgan fingerprint density at radius 2 is 2.12 bits per heavy atom. The van der Waals surface area contributed by atoms with Crippen LogP contribution < -0.4 is 11.1 Å². The first-order valence-corrected chi connectivity index (χ1v) is 6.02. The molecular weight excluding hydrogens is 214 g/mol. The predicted molar refractivity (Wildman–Crippen MR) is 69.9 cm³/mol. The van der Waals surface area contributed by atoms with E-state index in [1.165, 1.54) is 0 Å². The Morgan fingerprint density at radius 1 is 1.41 bits per heavy atom. The Hall–Kier alpha value is -1.58. The number of primary amides is 1. The fourth-order valence-corrected chi connectivity index (χ4v) is 1.61. The van der Waals surface area contributed by atoms with Crippen LogP contribution >= 0.6 is 0 Å². The third kappa shape index (κ3) is 4.43. The third-order valence-electron chi connectivity index (χ3n) is 2.63. The number of carbonyl (C=O) groups is 1. The number of amides is 1. The molecule has 0 saturated carbocycles. The lowest BCUT2D eigenvalue weighted by atomic mass is 10.0. The normalized spacial score (nSPS) is 12.5. The van der Waals surface area contributed by atoms with Crippen LogP contribution in [0.15, 0.2) is 18.3 Å². The number of nitrogens with two attached hydrogens (primary N) is 1. The van der Waals surface area contributed by atoms with Crippen LogP contribution in [0.25, 0.3) is 0 Å². The second kappa shape index (κ2) is 6.23. The molecule has 94 valence electrons. The number of hydrogen-bond donors (Lipinski definition) is 2. The molecule has 0 aromatic carbocycles. The second-order valence-corrected chi connectivity index (χ2v) is 4.78. The van der Waals surface area contributed by atoms with Gasteiger partial charge in [0.05, 0.1) is 5.56 Å². The van der Waals surface area contributed by atoms with Crippen molar-refractivity contribution in [3.05, 3.63) is 23.9 Å². The molecule has 1 aromatic rings. The predicted octanol–water partition coefficient (Wildman–Crippen LogP) is 2.42. The van der Waals surface area contributed by atoms with Crippen LogP contribution in [0, 0.1) is 5.92 Å². The molecule has 1 atom stereocenters. The molecule has 1 aromatic heterocycles. The van der Waals surface area contributed by atoms with Crippen molar-refractivity contribution in [2.24, 2.45) is 11.7 Å². The average molecular weight is 235 g/mol. The zero-order chi connectivity index (χ0) is 12.8. The van der Waals surface area contributed by atoms with Crippen LogP contribution in [-0.4, -0.2) is 16.9 Å². The summed E-state index contributed by atoms with van der Waals surface area (Å²) >= 11 is 0. The van der Waals surface area contributed by atoms with Crippen LogP contribution in [0.3, 0.4) is 0 Å². The first kappa shape index (κ1) is 13.5. The summed E-state index contributed by atoms with van der Waals surface area (Å²) in [6, 6.07) is 3.68. The van der Waals surface area contributed by atoms with Crippen molar-refractivity contribution < 1.29 is 4.79 Å². The van der Waals surface area contributed by atoms with E-state index < -0.39 is 5.91 Å². The first-order valence-electron chi connectivity index (χ1n) is 6.02. The van der Waals surface area contributed by atoms with Gasteiger partial charge in [-0.25, -0.2) is 4.98 Å². The number of nitrogens with one attached hydrogen (secondary N) is 1. The van der Waals surface area contributed by atoms with E-state index in [9.17, 15) is 4.79 Å². The maximum absolute atomic E-state index is 11.2. The molecule has 0 aliphatic rings. The van der Waals surface area contributed by atoms with Gasteiger partial charge in [-0.2, -0.15) is 0 Å². The molecule has 0 radical (unpaired) electrons. The van der Waals surface area contributed by atoms with Crippen LogP contribution in [0.5, 0.6) is 0 Å². The number of carbonyl (C=O) groups excluding carboxylic acids is 1. The van der Waals surface area contributed by atoms with E-state index in [4.69, 9.17) is 5.73 Å². The van der Waals surface area contributed by atoms with Gasteiger partial charge in [-0.1, -0.05) is 13.8 Å². The fourth-order valence-electron chi connectivity index (χ4n) is 1.61. The molecule has 1 heterocycles. The van der Waals surface area contributed by atoms with Gasteiger partial charge in [0.15, 0.2) is 0 Å². The Kier molecular flexibility index (Phi) is 4.94. The first-order chi connectivity index (χ1) is 8.00. The van der Waals surface area contributed by atoms with E-state index in [1.807, 2.05) is 0 Å². The van der Waals surface area contributed by atoms with Gasteiger partial charge in [0.1, 0.15) is 5.82 Å². The minimum atomic E-state index is -0.448. The number of aromatic nitrogens is 1. The number of hydrogen-bond acceptors (Lipinski definition) is 3. The fraction of sp³-hybridized carbons (Fsp3) is 0.538. The molecule has 0 aliphatic carbocycles. The van der Waals surface area contributed by atoms with E-state index in [2.05, 4.69) is 31.1 Å². The van der Waals surface area contributed by atoms with Gasteiger partial charge >= 0.3 is 0 Å². The van der Waals surface area contributed by atoms with E-state index in [1.54, 1.807) is 18.3 Å². The van der Waals surface area contributed by atoms with Crippen molar-refractivity contribution in [1.82, 2.24) is 4.98 Å². The van der Waals surface area contributed by atoms with Crippen LogP contribution in [-0.2, 0) is 0 Å². The maximum atomic E-state index is 11.2. The Labute approximate surface area is 103 Å². The highest BCUT2D eigenvalue weighted by Gasteiger charge is 2.11. The minimum absolute atomic E-state index is 0.283. The summed E-state index contributed by atoms with van der Waals surface area (Å²) in [6.45, 7) is 6.48. The molecule has 0 spiro atoms. The quantitative estimate of drug-likeness (QED) is 0.795. The summed E-state index contributed by atoms with van der Waals surface area (Å²) in [5.74, 6) is 0.812. The third-order valence-corrected chi connectivity index (χ3v) is 2.63. The Morgan fingerprint density at radius 3 is 2.71 bits per heavy atom. The zero-order valence-electron chi connectivity index (χ0n) is 10.7. The van der Waals surface area contributed by atoms with Crippen molar-refractivity contribution in [3.63, 3.8) is 0 Å². The number of pyridine rings is 1. The lowest BCUT2D eigenvalue weighted by Crippen LogP contribution is -2.21. The summed E-state index contributed by atoms with van der Waals surface area (Å²) < 4.78 is 0. The molecule has 4 heteroatoms. The summed E-state index contributed by atoms with van der Waals surface area (Å²) in [6.07, 6.45) is 3.85. The number of nitrogens with zero attached hydrogens (tertiary/aromatic N) is 1. The molecule has 1 unspecified atom stereocenters.